The van der Waals surface area contributed by atoms with Crippen LogP contribution in [0.3, 0.4) is 0 Å². The fraction of sp³-hybridized carbons (Fsp3) is 0.0938. The zero-order chi connectivity index (χ0) is 24.2. The predicted octanol–water partition coefficient (Wildman–Crippen LogP) is 8.57. The van der Waals surface area contributed by atoms with Crippen LogP contribution in [0, 0.1) is 5.82 Å². The zero-order valence-corrected chi connectivity index (χ0v) is 19.6. The summed E-state index contributed by atoms with van der Waals surface area (Å²) in [5, 5.41) is 2.22. The van der Waals surface area contributed by atoms with E-state index in [0.717, 1.165) is 45.2 Å². The molecular weight excluding hydrogens is 433 g/mol. The van der Waals surface area contributed by atoms with Crippen molar-refractivity contribution in [3.8, 4) is 11.1 Å². The number of carbonyl (C=O) groups excluding carboxylic acids is 1. The van der Waals surface area contributed by atoms with Gasteiger partial charge in [-0.1, -0.05) is 74.5 Å². The lowest BCUT2D eigenvalue weighted by molar-refractivity contribution is 0.112. The second-order valence-electron chi connectivity index (χ2n) is 9.59. The van der Waals surface area contributed by atoms with Gasteiger partial charge < -0.3 is 4.90 Å². The molecule has 0 fully saturated rings. The van der Waals surface area contributed by atoms with Gasteiger partial charge >= 0.3 is 0 Å². The van der Waals surface area contributed by atoms with Gasteiger partial charge in [0.25, 0.3) is 0 Å². The van der Waals surface area contributed by atoms with Gasteiger partial charge in [0.1, 0.15) is 12.1 Å². The first-order chi connectivity index (χ1) is 17.0. The highest BCUT2D eigenvalue weighted by Gasteiger charge is 2.38. The first-order valence-corrected chi connectivity index (χ1v) is 11.8. The highest BCUT2D eigenvalue weighted by Crippen LogP contribution is 2.53. The van der Waals surface area contributed by atoms with Crippen molar-refractivity contribution < 1.29 is 9.18 Å². The van der Waals surface area contributed by atoms with Crippen molar-refractivity contribution in [1.82, 2.24) is 0 Å². The Balaban J connectivity index is 1.56. The molecule has 0 N–H and O–H groups in total. The Morgan fingerprint density at radius 1 is 0.743 bits per heavy atom. The average molecular weight is 458 g/mol. The average Bonchev–Trinajstić information content (AvgIpc) is 2.89. The number of halogens is 1. The minimum Gasteiger partial charge on any atom is -0.310 e. The number of carbonyl (C=O) groups is 1. The number of fused-ring (bicyclic) bond motifs is 4. The van der Waals surface area contributed by atoms with Crippen molar-refractivity contribution in [3.63, 3.8) is 0 Å². The fourth-order valence-electron chi connectivity index (χ4n) is 5.44. The Morgan fingerprint density at radius 2 is 1.43 bits per heavy atom. The molecule has 0 aliphatic carbocycles. The van der Waals surface area contributed by atoms with Crippen molar-refractivity contribution in [2.45, 2.75) is 19.3 Å². The number of hydrogen-bond donors (Lipinski definition) is 0. The van der Waals surface area contributed by atoms with Crippen LogP contribution < -0.4 is 4.90 Å². The van der Waals surface area contributed by atoms with Gasteiger partial charge in [0.05, 0.1) is 11.4 Å². The molecule has 0 radical (unpaired) electrons. The van der Waals surface area contributed by atoms with Gasteiger partial charge in [-0.25, -0.2) is 4.39 Å². The van der Waals surface area contributed by atoms with E-state index >= 15 is 0 Å². The van der Waals surface area contributed by atoms with Gasteiger partial charge in [-0.15, -0.1) is 0 Å². The normalized spacial score (nSPS) is 13.9. The Labute approximate surface area is 204 Å². The van der Waals surface area contributed by atoms with E-state index < -0.39 is 0 Å². The molecule has 1 aliphatic rings. The molecule has 5 aromatic carbocycles. The molecule has 2 nitrogen and oxygen atoms in total. The van der Waals surface area contributed by atoms with Crippen LogP contribution in [0.4, 0.5) is 21.5 Å². The number of benzene rings is 5. The molecule has 0 bridgehead atoms. The Kier molecular flexibility index (Phi) is 4.82. The smallest absolute Gasteiger partial charge is 0.150 e. The van der Waals surface area contributed by atoms with E-state index in [1.807, 2.05) is 12.1 Å². The maximum atomic E-state index is 13.4. The Hall–Kier alpha value is -4.24. The molecule has 1 aliphatic heterocycles. The Bertz CT molecular complexity index is 1580. The third kappa shape index (κ3) is 3.35. The summed E-state index contributed by atoms with van der Waals surface area (Å²) in [6, 6.07) is 33.8. The number of anilines is 3. The summed E-state index contributed by atoms with van der Waals surface area (Å²) in [6.07, 6.45) is 0.897. The quantitative estimate of drug-likeness (QED) is 0.253. The predicted molar refractivity (Wildman–Crippen MR) is 142 cm³/mol. The topological polar surface area (TPSA) is 20.3 Å². The standard InChI is InChI=1S/C32H24FNO/c1-32(2)28-5-3-4-6-29(28)34(26-15-10-23(11-16-26)22-8-13-25(33)14-9-22)30-18-12-24-19-21(20-35)7-17-27(24)31(30)32/h3-20H,1-2H3. The SMILES string of the molecule is CC1(C)c2ccccc2N(c2ccc(-c3ccc(F)cc3)cc2)c2ccc3cc(C=O)ccc3c21. The Morgan fingerprint density at radius 3 is 2.14 bits per heavy atom. The van der Waals surface area contributed by atoms with Crippen LogP contribution >= 0.6 is 0 Å². The molecule has 0 saturated heterocycles. The lowest BCUT2D eigenvalue weighted by atomic mass is 9.71. The number of rotatable bonds is 3. The van der Waals surface area contributed by atoms with Crippen molar-refractivity contribution in [3.05, 3.63) is 126 Å². The van der Waals surface area contributed by atoms with Gasteiger partial charge in [0, 0.05) is 16.7 Å². The lowest BCUT2D eigenvalue weighted by Crippen LogP contribution is -2.30. The molecule has 0 aromatic heterocycles. The number of hydrogen-bond acceptors (Lipinski definition) is 2. The highest BCUT2D eigenvalue weighted by atomic mass is 19.1. The number of para-hydroxylation sites is 1. The first kappa shape index (κ1) is 21.3. The van der Waals surface area contributed by atoms with Crippen LogP contribution in [-0.2, 0) is 5.41 Å². The van der Waals surface area contributed by atoms with Crippen LogP contribution in [0.5, 0.6) is 0 Å². The summed E-state index contributed by atoms with van der Waals surface area (Å²) >= 11 is 0. The summed E-state index contributed by atoms with van der Waals surface area (Å²) in [4.78, 5) is 13.7. The molecule has 170 valence electrons. The van der Waals surface area contributed by atoms with Gasteiger partial charge in [-0.3, -0.25) is 4.79 Å². The van der Waals surface area contributed by atoms with Crippen molar-refractivity contribution in [1.29, 1.82) is 0 Å². The molecule has 3 heteroatoms. The number of aldehydes is 1. The molecule has 5 aromatic rings. The van der Waals surface area contributed by atoms with Crippen LogP contribution in [0.15, 0.2) is 103 Å². The zero-order valence-electron chi connectivity index (χ0n) is 19.6. The van der Waals surface area contributed by atoms with Crippen LogP contribution in [0.25, 0.3) is 21.9 Å². The summed E-state index contributed by atoms with van der Waals surface area (Å²) in [7, 11) is 0. The van der Waals surface area contributed by atoms with Crippen molar-refractivity contribution in [2.75, 3.05) is 4.90 Å². The summed E-state index contributed by atoms with van der Waals surface area (Å²) in [5.74, 6) is -0.234. The lowest BCUT2D eigenvalue weighted by Gasteiger charge is -2.42. The van der Waals surface area contributed by atoms with Crippen molar-refractivity contribution in [2.24, 2.45) is 0 Å². The van der Waals surface area contributed by atoms with Crippen LogP contribution in [0.1, 0.15) is 35.3 Å². The third-order valence-electron chi connectivity index (χ3n) is 7.15. The molecule has 6 rings (SSSR count). The summed E-state index contributed by atoms with van der Waals surface area (Å²) in [6.45, 7) is 4.54. The van der Waals surface area contributed by atoms with Crippen LogP contribution in [0.2, 0.25) is 0 Å². The monoisotopic (exact) mass is 457 g/mol. The third-order valence-corrected chi connectivity index (χ3v) is 7.15. The summed E-state index contributed by atoms with van der Waals surface area (Å²) < 4.78 is 13.4. The van der Waals surface area contributed by atoms with E-state index in [4.69, 9.17) is 0 Å². The fourth-order valence-corrected chi connectivity index (χ4v) is 5.44. The first-order valence-electron chi connectivity index (χ1n) is 11.8. The number of nitrogens with zero attached hydrogens (tertiary/aromatic N) is 1. The maximum absolute atomic E-state index is 13.4. The van der Waals surface area contributed by atoms with Gasteiger partial charge in [0.2, 0.25) is 0 Å². The van der Waals surface area contributed by atoms with E-state index in [2.05, 4.69) is 85.5 Å². The summed E-state index contributed by atoms with van der Waals surface area (Å²) in [5.41, 5.74) is 8.33. The molecule has 0 spiro atoms. The molecule has 0 amide bonds. The maximum Gasteiger partial charge on any atom is 0.150 e. The van der Waals surface area contributed by atoms with E-state index in [0.29, 0.717) is 5.56 Å². The largest absolute Gasteiger partial charge is 0.310 e. The minimum atomic E-state index is -0.234. The van der Waals surface area contributed by atoms with E-state index in [-0.39, 0.29) is 11.2 Å². The van der Waals surface area contributed by atoms with Crippen molar-refractivity contribution >= 4 is 34.1 Å². The second-order valence-corrected chi connectivity index (χ2v) is 9.59. The van der Waals surface area contributed by atoms with E-state index in [1.54, 1.807) is 12.1 Å². The molecule has 0 saturated carbocycles. The molecule has 1 heterocycles. The van der Waals surface area contributed by atoms with Crippen LogP contribution in [-0.4, -0.2) is 6.29 Å². The molecule has 35 heavy (non-hydrogen) atoms. The molecule has 0 unspecified atom stereocenters. The van der Waals surface area contributed by atoms with E-state index in [1.165, 1.54) is 23.3 Å². The second kappa shape index (κ2) is 7.92. The van der Waals surface area contributed by atoms with Gasteiger partial charge in [-0.2, -0.15) is 0 Å². The minimum absolute atomic E-state index is 0.224. The highest BCUT2D eigenvalue weighted by molar-refractivity contribution is 5.99. The molecule has 0 atom stereocenters. The van der Waals surface area contributed by atoms with Gasteiger partial charge in [0.15, 0.2) is 0 Å². The molecular formula is C32H24FNO. The van der Waals surface area contributed by atoms with Gasteiger partial charge in [-0.05, 0) is 75.5 Å². The van der Waals surface area contributed by atoms with E-state index in [9.17, 15) is 9.18 Å².